The van der Waals surface area contributed by atoms with E-state index in [1.54, 1.807) is 0 Å². The van der Waals surface area contributed by atoms with E-state index in [9.17, 15) is 28.9 Å². The number of fused-ring (bicyclic) bond motifs is 2. The van der Waals surface area contributed by atoms with Crippen molar-refractivity contribution in [1.29, 1.82) is 5.26 Å². The summed E-state index contributed by atoms with van der Waals surface area (Å²) >= 11 is 0. The van der Waals surface area contributed by atoms with Crippen LogP contribution >= 0.6 is 0 Å². The predicted molar refractivity (Wildman–Crippen MR) is 125 cm³/mol. The van der Waals surface area contributed by atoms with Crippen LogP contribution in [0.4, 0.5) is 11.5 Å². The number of phenols is 1. The molecule has 5 rings (SSSR count). The first-order valence-corrected chi connectivity index (χ1v) is 11.6. The number of aromatic nitrogens is 3. The van der Waals surface area contributed by atoms with Gasteiger partial charge in [0.1, 0.15) is 28.7 Å². The molecule has 1 atom stereocenters. The summed E-state index contributed by atoms with van der Waals surface area (Å²) in [5.74, 6) is -2.11. The molecule has 0 spiro atoms. The van der Waals surface area contributed by atoms with Crippen molar-refractivity contribution in [3.05, 3.63) is 87.4 Å². The first-order chi connectivity index (χ1) is 17.1. The number of nitrogens with two attached hydrogens (primary N) is 2. The number of non-ortho nitro benzene ring substituents is 1. The molecule has 2 aromatic carbocycles. The number of nitro groups is 1. The van der Waals surface area contributed by atoms with Gasteiger partial charge in [-0.25, -0.2) is 0 Å². The second kappa shape index (κ2) is 7.96. The maximum atomic E-state index is 13.7. The average Bonchev–Trinajstić information content (AvgIpc) is 3.19. The summed E-state index contributed by atoms with van der Waals surface area (Å²) in [6.45, 7) is 0. The third-order valence-electron chi connectivity index (χ3n) is 5.72. The van der Waals surface area contributed by atoms with Gasteiger partial charge in [0.05, 0.1) is 21.3 Å². The summed E-state index contributed by atoms with van der Waals surface area (Å²) in [5, 5.41) is 35.1. The van der Waals surface area contributed by atoms with E-state index in [-0.39, 0.29) is 56.0 Å². The molecular weight excluding hydrogens is 490 g/mol. The van der Waals surface area contributed by atoms with Crippen molar-refractivity contribution in [3.63, 3.8) is 0 Å². The van der Waals surface area contributed by atoms with E-state index < -0.39 is 20.9 Å². The van der Waals surface area contributed by atoms with Crippen LogP contribution < -0.4 is 16.2 Å². The third-order valence-corrected chi connectivity index (χ3v) is 7.36. The SMILES string of the molecule is N#CC1=C(N)Oc2nn(S(=O)(=O)c3ccc(O)c4ncccc34)c(N)c2[C@@H]1c1ccc([N+](=O)[O-])cc1. The third kappa shape index (κ3) is 3.26. The highest BCUT2D eigenvalue weighted by atomic mass is 32.2. The van der Waals surface area contributed by atoms with Crippen LogP contribution in [0.25, 0.3) is 10.9 Å². The Morgan fingerprint density at radius 3 is 2.56 bits per heavy atom. The lowest BCUT2D eigenvalue weighted by atomic mass is 9.85. The van der Waals surface area contributed by atoms with Crippen LogP contribution in [0.2, 0.25) is 0 Å². The van der Waals surface area contributed by atoms with E-state index >= 15 is 0 Å². The molecule has 5 N–H and O–H groups in total. The van der Waals surface area contributed by atoms with Crippen LogP contribution in [0.15, 0.2) is 71.1 Å². The van der Waals surface area contributed by atoms with Gasteiger partial charge >= 0.3 is 0 Å². The van der Waals surface area contributed by atoms with Gasteiger partial charge in [-0.3, -0.25) is 15.1 Å². The molecule has 0 radical (unpaired) electrons. The van der Waals surface area contributed by atoms with Crippen LogP contribution in [0.3, 0.4) is 0 Å². The highest BCUT2D eigenvalue weighted by Gasteiger charge is 2.39. The Kier molecular flexibility index (Phi) is 5.00. The minimum absolute atomic E-state index is 0.0550. The molecule has 0 saturated heterocycles. The lowest BCUT2D eigenvalue weighted by Gasteiger charge is -2.23. The van der Waals surface area contributed by atoms with Crippen LogP contribution in [0, 0.1) is 21.4 Å². The van der Waals surface area contributed by atoms with Crippen LogP contribution in [-0.2, 0) is 10.0 Å². The number of hydrogen-bond acceptors (Lipinski definition) is 11. The molecule has 0 amide bonds. The fourth-order valence-electron chi connectivity index (χ4n) is 4.07. The topological polar surface area (TPSA) is 213 Å². The number of benzene rings is 2. The Morgan fingerprint density at radius 2 is 1.89 bits per heavy atom. The number of phenolic OH excluding ortho intramolecular Hbond substituents is 1. The van der Waals surface area contributed by atoms with Crippen molar-refractivity contribution in [1.82, 2.24) is 14.2 Å². The number of rotatable bonds is 4. The standard InChI is InChI=1S/C22H15N7O6S/c23-10-14-17(11-3-5-12(6-4-11)29(31)32)18-20(24)28(27-22(18)35-21(14)25)36(33,34)16-8-7-15(30)19-13(16)2-1-9-26-19/h1-9,17,30H,24-25H2/t17-/m1/s1. The summed E-state index contributed by atoms with van der Waals surface area (Å²) in [6.07, 6.45) is 1.40. The number of nitrogen functional groups attached to an aromatic ring is 1. The number of allylic oxidation sites excluding steroid dienone is 1. The van der Waals surface area contributed by atoms with Crippen molar-refractivity contribution in [2.45, 2.75) is 10.8 Å². The van der Waals surface area contributed by atoms with E-state index in [1.807, 2.05) is 6.07 Å². The molecular formula is C22H15N7O6S. The van der Waals surface area contributed by atoms with Gasteiger partial charge in [-0.1, -0.05) is 12.1 Å². The van der Waals surface area contributed by atoms with E-state index in [4.69, 9.17) is 16.2 Å². The monoisotopic (exact) mass is 505 g/mol. The molecule has 0 aliphatic carbocycles. The second-order valence-electron chi connectivity index (χ2n) is 7.71. The molecule has 4 aromatic rings. The number of anilines is 1. The van der Waals surface area contributed by atoms with E-state index in [2.05, 4.69) is 10.1 Å². The van der Waals surface area contributed by atoms with Crippen LogP contribution in [0.5, 0.6) is 11.6 Å². The number of nitro benzene ring substituents is 1. The molecule has 13 nitrogen and oxygen atoms in total. The first kappa shape index (κ1) is 22.6. The minimum Gasteiger partial charge on any atom is -0.506 e. The second-order valence-corrected chi connectivity index (χ2v) is 9.44. The van der Waals surface area contributed by atoms with Crippen LogP contribution in [0.1, 0.15) is 17.0 Å². The molecule has 3 heterocycles. The van der Waals surface area contributed by atoms with E-state index in [0.29, 0.717) is 9.65 Å². The molecule has 2 aromatic heterocycles. The fourth-order valence-corrected chi connectivity index (χ4v) is 5.48. The molecule has 0 fully saturated rings. The summed E-state index contributed by atoms with van der Waals surface area (Å²) in [7, 11) is -4.45. The Bertz CT molecular complexity index is 1750. The van der Waals surface area contributed by atoms with E-state index in [0.717, 1.165) is 0 Å². The normalized spacial score (nSPS) is 15.2. The Hall–Kier alpha value is -5.16. The van der Waals surface area contributed by atoms with E-state index in [1.165, 1.54) is 54.7 Å². The minimum atomic E-state index is -4.45. The zero-order chi connectivity index (χ0) is 25.8. The zero-order valence-corrected chi connectivity index (χ0v) is 18.9. The van der Waals surface area contributed by atoms with Crippen molar-refractivity contribution in [3.8, 4) is 17.7 Å². The van der Waals surface area contributed by atoms with Gasteiger partial charge in [0, 0.05) is 23.7 Å². The molecule has 14 heteroatoms. The Morgan fingerprint density at radius 1 is 1.17 bits per heavy atom. The Labute approximate surface area is 202 Å². The Balaban J connectivity index is 1.72. The number of nitrogens with zero attached hydrogens (tertiary/aromatic N) is 5. The smallest absolute Gasteiger partial charge is 0.285 e. The molecule has 1 aliphatic heterocycles. The molecule has 180 valence electrons. The largest absolute Gasteiger partial charge is 0.506 e. The van der Waals surface area contributed by atoms with Gasteiger partial charge in [0.15, 0.2) is 0 Å². The maximum Gasteiger partial charge on any atom is 0.285 e. The van der Waals surface area contributed by atoms with Gasteiger partial charge in [-0.2, -0.15) is 13.7 Å². The van der Waals surface area contributed by atoms with Crippen molar-refractivity contribution < 1.29 is 23.2 Å². The molecule has 36 heavy (non-hydrogen) atoms. The lowest BCUT2D eigenvalue weighted by Crippen LogP contribution is -2.21. The van der Waals surface area contributed by atoms with Gasteiger partial charge in [0.2, 0.25) is 11.8 Å². The highest BCUT2D eigenvalue weighted by molar-refractivity contribution is 7.90. The van der Waals surface area contributed by atoms with Crippen molar-refractivity contribution in [2.24, 2.45) is 5.73 Å². The maximum absolute atomic E-state index is 13.7. The quantitative estimate of drug-likeness (QED) is 0.269. The van der Waals surface area contributed by atoms with Crippen molar-refractivity contribution in [2.75, 3.05) is 5.73 Å². The molecule has 0 unspecified atom stereocenters. The summed E-state index contributed by atoms with van der Waals surface area (Å²) in [4.78, 5) is 14.3. The molecule has 0 bridgehead atoms. The highest BCUT2D eigenvalue weighted by Crippen LogP contribution is 2.46. The molecule has 0 saturated carbocycles. The first-order valence-electron chi connectivity index (χ1n) is 10.2. The lowest BCUT2D eigenvalue weighted by molar-refractivity contribution is -0.384. The van der Waals surface area contributed by atoms with Gasteiger partial charge in [-0.05, 0) is 29.8 Å². The molecule has 1 aliphatic rings. The summed E-state index contributed by atoms with van der Waals surface area (Å²) < 4.78 is 33.3. The summed E-state index contributed by atoms with van der Waals surface area (Å²) in [6, 6.07) is 12.6. The number of ether oxygens (including phenoxy) is 1. The van der Waals surface area contributed by atoms with Gasteiger partial charge < -0.3 is 21.3 Å². The summed E-state index contributed by atoms with van der Waals surface area (Å²) in [5.41, 5.74) is 12.5. The van der Waals surface area contributed by atoms with Crippen LogP contribution in [-0.4, -0.2) is 32.6 Å². The van der Waals surface area contributed by atoms with Gasteiger partial charge in [-0.15, -0.1) is 9.19 Å². The number of aromatic hydroxyl groups is 1. The predicted octanol–water partition coefficient (Wildman–Crippen LogP) is 2.08. The van der Waals surface area contributed by atoms with Crippen molar-refractivity contribution >= 4 is 32.4 Å². The van der Waals surface area contributed by atoms with Gasteiger partial charge in [0.25, 0.3) is 15.7 Å². The number of nitriles is 1. The zero-order valence-electron chi connectivity index (χ0n) is 18.1. The fraction of sp³-hybridized carbons (Fsp3) is 0.0455. The average molecular weight is 505 g/mol. The number of pyridine rings is 1. The number of hydrogen-bond donors (Lipinski definition) is 3.